The first-order valence-corrected chi connectivity index (χ1v) is 8.30. The van der Waals surface area contributed by atoms with E-state index in [0.717, 1.165) is 31.5 Å². The van der Waals surface area contributed by atoms with Crippen molar-refractivity contribution in [1.82, 2.24) is 0 Å². The van der Waals surface area contributed by atoms with Crippen LogP contribution in [0, 0.1) is 16.7 Å². The molecule has 1 heterocycles. The molecule has 1 amide bonds. The highest BCUT2D eigenvalue weighted by molar-refractivity contribution is 5.97. The van der Waals surface area contributed by atoms with Crippen molar-refractivity contribution in [1.29, 1.82) is 0 Å². The van der Waals surface area contributed by atoms with Crippen molar-refractivity contribution >= 4 is 11.6 Å². The monoisotopic (exact) mass is 285 g/mol. The van der Waals surface area contributed by atoms with Crippen molar-refractivity contribution in [3.8, 4) is 0 Å². The normalized spacial score (nSPS) is 30.5. The van der Waals surface area contributed by atoms with Gasteiger partial charge in [0.05, 0.1) is 0 Å². The zero-order valence-electron chi connectivity index (χ0n) is 13.8. The summed E-state index contributed by atoms with van der Waals surface area (Å²) >= 11 is 0. The van der Waals surface area contributed by atoms with Crippen molar-refractivity contribution in [3.63, 3.8) is 0 Å². The Bertz CT molecular complexity index is 562. The van der Waals surface area contributed by atoms with Gasteiger partial charge in [-0.15, -0.1) is 0 Å². The minimum absolute atomic E-state index is 0.0797. The van der Waals surface area contributed by atoms with Gasteiger partial charge in [0, 0.05) is 18.2 Å². The van der Waals surface area contributed by atoms with Gasteiger partial charge in [-0.2, -0.15) is 0 Å². The third-order valence-electron chi connectivity index (χ3n) is 6.64. The lowest BCUT2D eigenvalue weighted by atomic mass is 9.64. The molecule has 114 valence electrons. The van der Waals surface area contributed by atoms with Crippen molar-refractivity contribution in [2.75, 3.05) is 11.4 Å². The van der Waals surface area contributed by atoms with E-state index in [1.54, 1.807) is 0 Å². The Kier molecular flexibility index (Phi) is 3.38. The predicted octanol–water partition coefficient (Wildman–Crippen LogP) is 4.43. The average molecular weight is 285 g/mol. The molecule has 1 aromatic rings. The van der Waals surface area contributed by atoms with Crippen LogP contribution >= 0.6 is 0 Å². The van der Waals surface area contributed by atoms with Gasteiger partial charge in [-0.1, -0.05) is 52.3 Å². The van der Waals surface area contributed by atoms with Crippen LogP contribution in [0.2, 0.25) is 0 Å². The first kappa shape index (κ1) is 14.6. The Morgan fingerprint density at radius 2 is 2.00 bits per heavy atom. The minimum Gasteiger partial charge on any atom is -0.312 e. The maximum absolute atomic E-state index is 13.2. The Balaban J connectivity index is 1.88. The van der Waals surface area contributed by atoms with Crippen molar-refractivity contribution in [3.05, 3.63) is 29.8 Å². The van der Waals surface area contributed by atoms with Gasteiger partial charge >= 0.3 is 0 Å². The lowest BCUT2D eigenvalue weighted by Gasteiger charge is -2.41. The molecule has 1 aromatic carbocycles. The maximum atomic E-state index is 13.2. The van der Waals surface area contributed by atoms with Gasteiger partial charge in [0.15, 0.2) is 0 Å². The number of hydrogen-bond donors (Lipinski definition) is 0. The highest BCUT2D eigenvalue weighted by Crippen LogP contribution is 2.58. The van der Waals surface area contributed by atoms with E-state index in [1.807, 2.05) is 11.0 Å². The lowest BCUT2D eigenvalue weighted by molar-refractivity contribution is -0.126. The van der Waals surface area contributed by atoms with Gasteiger partial charge in [0.25, 0.3) is 0 Å². The number of anilines is 1. The largest absolute Gasteiger partial charge is 0.312 e. The van der Waals surface area contributed by atoms with E-state index in [4.69, 9.17) is 0 Å². The molecular weight excluding hydrogens is 258 g/mol. The molecule has 0 saturated heterocycles. The maximum Gasteiger partial charge on any atom is 0.230 e. The first-order chi connectivity index (χ1) is 9.90. The summed E-state index contributed by atoms with van der Waals surface area (Å²) in [6, 6.07) is 8.36. The second-order valence-corrected chi connectivity index (χ2v) is 7.60. The molecule has 1 aliphatic heterocycles. The molecular formula is C19H27NO. The second-order valence-electron chi connectivity index (χ2n) is 7.60. The summed E-state index contributed by atoms with van der Waals surface area (Å²) in [7, 11) is 0. The smallest absolute Gasteiger partial charge is 0.230 e. The summed E-state index contributed by atoms with van der Waals surface area (Å²) in [5.74, 6) is 0.510. The quantitative estimate of drug-likeness (QED) is 0.787. The highest BCUT2D eigenvalue weighted by atomic mass is 16.2. The Labute approximate surface area is 128 Å². The fraction of sp³-hybridized carbons (Fsp3) is 0.632. The molecule has 0 aromatic heterocycles. The van der Waals surface area contributed by atoms with Crippen LogP contribution in [0.5, 0.6) is 0 Å². The Morgan fingerprint density at radius 3 is 2.67 bits per heavy atom. The molecule has 0 N–H and O–H groups in total. The van der Waals surface area contributed by atoms with E-state index in [2.05, 4.69) is 45.9 Å². The number of nitrogens with zero attached hydrogens (tertiary/aromatic N) is 1. The molecule has 2 atom stereocenters. The van der Waals surface area contributed by atoms with Gasteiger partial charge in [-0.25, -0.2) is 0 Å². The topological polar surface area (TPSA) is 20.3 Å². The zero-order chi connectivity index (χ0) is 15.3. The summed E-state index contributed by atoms with van der Waals surface area (Å²) in [5.41, 5.74) is 2.83. The molecule has 0 unspecified atom stereocenters. The van der Waals surface area contributed by atoms with E-state index in [9.17, 15) is 4.79 Å². The third kappa shape index (κ3) is 2.03. The summed E-state index contributed by atoms with van der Waals surface area (Å²) in [6.45, 7) is 10.1. The Hall–Kier alpha value is -1.31. The standard InChI is InChI=1S/C19H27NO/c1-5-19(4)12-10-15(18(19,2)3)17(21)20-13-11-14-8-6-7-9-16(14)20/h6-9,15H,5,10-13H2,1-4H3/t15-,19+/m1/s1. The van der Waals surface area contributed by atoms with E-state index in [0.29, 0.717) is 5.91 Å². The molecule has 2 aliphatic rings. The molecule has 0 bridgehead atoms. The van der Waals surface area contributed by atoms with Crippen LogP contribution < -0.4 is 4.90 Å². The highest BCUT2D eigenvalue weighted by Gasteiger charge is 2.54. The molecule has 1 aliphatic carbocycles. The average Bonchev–Trinajstić information content (AvgIpc) is 2.99. The Morgan fingerprint density at radius 1 is 1.29 bits per heavy atom. The lowest BCUT2D eigenvalue weighted by Crippen LogP contribution is -2.43. The van der Waals surface area contributed by atoms with Crippen molar-refractivity contribution in [2.45, 2.75) is 53.4 Å². The van der Waals surface area contributed by atoms with Gasteiger partial charge < -0.3 is 4.90 Å². The van der Waals surface area contributed by atoms with Crippen LogP contribution in [0.15, 0.2) is 24.3 Å². The predicted molar refractivity (Wildman–Crippen MR) is 87.4 cm³/mol. The number of benzene rings is 1. The molecule has 21 heavy (non-hydrogen) atoms. The van der Waals surface area contributed by atoms with Crippen molar-refractivity contribution < 1.29 is 4.79 Å². The first-order valence-electron chi connectivity index (χ1n) is 8.30. The number of para-hydroxylation sites is 1. The van der Waals surface area contributed by atoms with E-state index >= 15 is 0 Å². The number of amides is 1. The molecule has 1 saturated carbocycles. The molecule has 0 radical (unpaired) electrons. The number of fused-ring (bicyclic) bond motifs is 1. The molecule has 2 heteroatoms. The third-order valence-corrected chi connectivity index (χ3v) is 6.64. The minimum atomic E-state index is 0.0797. The van der Waals surface area contributed by atoms with Crippen LogP contribution in [-0.2, 0) is 11.2 Å². The number of carbonyl (C=O) groups excluding carboxylic acids is 1. The molecule has 2 nitrogen and oxygen atoms in total. The summed E-state index contributed by atoms with van der Waals surface area (Å²) in [5, 5.41) is 0. The molecule has 3 rings (SSSR count). The SMILES string of the molecule is CC[C@@]1(C)CC[C@H](C(=O)N2CCc3ccccc32)C1(C)C. The fourth-order valence-electron chi connectivity index (χ4n) is 4.39. The number of rotatable bonds is 2. The molecule has 0 spiro atoms. The van der Waals surface area contributed by atoms with E-state index in [-0.39, 0.29) is 16.7 Å². The summed E-state index contributed by atoms with van der Waals surface area (Å²) in [4.78, 5) is 15.2. The van der Waals surface area contributed by atoms with Gasteiger partial charge in [0.1, 0.15) is 0 Å². The van der Waals surface area contributed by atoms with Crippen molar-refractivity contribution in [2.24, 2.45) is 16.7 Å². The molecule has 1 fully saturated rings. The van der Waals surface area contributed by atoms with E-state index < -0.39 is 0 Å². The van der Waals surface area contributed by atoms with Crippen LogP contribution in [-0.4, -0.2) is 12.5 Å². The van der Waals surface area contributed by atoms with Crippen LogP contribution in [0.3, 0.4) is 0 Å². The van der Waals surface area contributed by atoms with Gasteiger partial charge in [0.2, 0.25) is 5.91 Å². The number of carbonyl (C=O) groups is 1. The second kappa shape index (κ2) is 4.86. The van der Waals surface area contributed by atoms with Gasteiger partial charge in [-0.05, 0) is 41.7 Å². The van der Waals surface area contributed by atoms with Crippen LogP contribution in [0.1, 0.15) is 52.5 Å². The number of hydrogen-bond acceptors (Lipinski definition) is 1. The summed E-state index contributed by atoms with van der Waals surface area (Å²) < 4.78 is 0. The van der Waals surface area contributed by atoms with Crippen LogP contribution in [0.4, 0.5) is 5.69 Å². The summed E-state index contributed by atoms with van der Waals surface area (Å²) in [6.07, 6.45) is 4.36. The van der Waals surface area contributed by atoms with Crippen LogP contribution in [0.25, 0.3) is 0 Å². The fourth-order valence-corrected chi connectivity index (χ4v) is 4.39. The van der Waals surface area contributed by atoms with Gasteiger partial charge in [-0.3, -0.25) is 4.79 Å². The van der Waals surface area contributed by atoms with E-state index in [1.165, 1.54) is 12.0 Å². The zero-order valence-corrected chi connectivity index (χ0v) is 13.8.